The Morgan fingerprint density at radius 2 is 1.69 bits per heavy atom. The molecule has 0 bridgehead atoms. The molecule has 6 nitrogen and oxygen atoms in total. The fraction of sp³-hybridized carbons (Fsp3) is 0.346. The summed E-state index contributed by atoms with van der Waals surface area (Å²) in [6.07, 6.45) is -4.83. The molecule has 192 valence electrons. The van der Waals surface area contributed by atoms with Crippen molar-refractivity contribution in [3.05, 3.63) is 92.9 Å². The Hall–Kier alpha value is -3.69. The normalized spacial score (nSPS) is 12.9. The Bertz CT molecular complexity index is 1300. The standard InChI is InChI=1S/C26H27F4N3O3/c1-14(2)22(15-6-11-18(19(27)12-15)26(28,29)30)33-23(35)20-13-21(34)32-24(31-20)25(3,4)16-7-9-17(36-5)10-8-16/h6-14,22H,1-5H3,(H,33,35)(H,31,32,34). The maximum absolute atomic E-state index is 14.2. The first-order valence-corrected chi connectivity index (χ1v) is 11.2. The Kier molecular flexibility index (Phi) is 7.56. The molecule has 0 saturated carbocycles. The molecule has 1 amide bonds. The molecule has 0 fully saturated rings. The van der Waals surface area contributed by atoms with Gasteiger partial charge in [-0.1, -0.05) is 32.0 Å². The van der Waals surface area contributed by atoms with E-state index in [-0.39, 0.29) is 23.0 Å². The summed E-state index contributed by atoms with van der Waals surface area (Å²) in [7, 11) is 1.55. The van der Waals surface area contributed by atoms with Crippen molar-refractivity contribution in [3.63, 3.8) is 0 Å². The van der Waals surface area contributed by atoms with E-state index in [0.29, 0.717) is 11.8 Å². The number of hydrogen-bond donors (Lipinski definition) is 2. The molecule has 0 spiro atoms. The number of rotatable bonds is 7. The number of benzene rings is 2. The largest absolute Gasteiger partial charge is 0.497 e. The smallest absolute Gasteiger partial charge is 0.419 e. The quantitative estimate of drug-likeness (QED) is 0.422. The number of methoxy groups -OCH3 is 1. The molecule has 0 aliphatic heterocycles. The Labute approximate surface area is 205 Å². The average Bonchev–Trinajstić information content (AvgIpc) is 2.80. The van der Waals surface area contributed by atoms with Gasteiger partial charge >= 0.3 is 6.18 Å². The summed E-state index contributed by atoms with van der Waals surface area (Å²) in [5, 5.41) is 2.68. The molecule has 3 rings (SSSR count). The Morgan fingerprint density at radius 3 is 2.22 bits per heavy atom. The minimum atomic E-state index is -4.83. The molecule has 36 heavy (non-hydrogen) atoms. The van der Waals surface area contributed by atoms with Crippen LogP contribution >= 0.6 is 0 Å². The van der Waals surface area contributed by atoms with Crippen molar-refractivity contribution in [3.8, 4) is 5.75 Å². The number of ether oxygens (including phenoxy) is 1. The van der Waals surface area contributed by atoms with Crippen LogP contribution in [-0.2, 0) is 11.6 Å². The molecule has 2 aromatic carbocycles. The van der Waals surface area contributed by atoms with Crippen LogP contribution in [0, 0.1) is 11.7 Å². The van der Waals surface area contributed by atoms with Gasteiger partial charge in [-0.2, -0.15) is 13.2 Å². The summed E-state index contributed by atoms with van der Waals surface area (Å²) in [4.78, 5) is 32.5. The Morgan fingerprint density at radius 1 is 1.06 bits per heavy atom. The second-order valence-electron chi connectivity index (χ2n) is 9.26. The zero-order chi connectivity index (χ0) is 26.8. The van der Waals surface area contributed by atoms with Crippen LogP contribution in [-0.4, -0.2) is 23.0 Å². The number of nitrogens with zero attached hydrogens (tertiary/aromatic N) is 1. The summed E-state index contributed by atoms with van der Waals surface area (Å²) >= 11 is 0. The molecule has 1 heterocycles. The highest BCUT2D eigenvalue weighted by atomic mass is 19.4. The van der Waals surface area contributed by atoms with Crippen molar-refractivity contribution in [2.24, 2.45) is 5.92 Å². The number of aromatic nitrogens is 2. The molecule has 0 aliphatic rings. The molecule has 2 N–H and O–H groups in total. The molecule has 0 saturated heterocycles. The summed E-state index contributed by atoms with van der Waals surface area (Å²) < 4.78 is 58.2. The molecule has 1 unspecified atom stereocenters. The first kappa shape index (κ1) is 26.9. The Balaban J connectivity index is 1.93. The lowest BCUT2D eigenvalue weighted by Gasteiger charge is -2.26. The van der Waals surface area contributed by atoms with E-state index in [9.17, 15) is 27.2 Å². The summed E-state index contributed by atoms with van der Waals surface area (Å²) in [5.74, 6) is -1.55. The van der Waals surface area contributed by atoms with Crippen molar-refractivity contribution < 1.29 is 27.1 Å². The van der Waals surface area contributed by atoms with E-state index in [1.165, 1.54) is 0 Å². The van der Waals surface area contributed by atoms with Gasteiger partial charge in [0.15, 0.2) is 0 Å². The predicted octanol–water partition coefficient (Wildman–Crippen LogP) is 5.39. The van der Waals surface area contributed by atoms with Crippen molar-refractivity contribution >= 4 is 5.91 Å². The first-order chi connectivity index (χ1) is 16.7. The zero-order valence-electron chi connectivity index (χ0n) is 20.5. The molecule has 1 atom stereocenters. The minimum absolute atomic E-state index is 0.160. The van der Waals surface area contributed by atoms with E-state index in [1.54, 1.807) is 33.1 Å². The highest BCUT2D eigenvalue weighted by Crippen LogP contribution is 2.34. The number of amides is 1. The second kappa shape index (κ2) is 10.1. The van der Waals surface area contributed by atoms with Crippen LogP contribution in [0.3, 0.4) is 0 Å². The molecular formula is C26H27F4N3O3. The lowest BCUT2D eigenvalue weighted by atomic mass is 9.83. The van der Waals surface area contributed by atoms with E-state index >= 15 is 0 Å². The highest BCUT2D eigenvalue weighted by molar-refractivity contribution is 5.92. The van der Waals surface area contributed by atoms with Gasteiger partial charge in [0.25, 0.3) is 11.5 Å². The second-order valence-corrected chi connectivity index (χ2v) is 9.26. The number of aromatic amines is 1. The van der Waals surface area contributed by atoms with Gasteiger partial charge in [-0.3, -0.25) is 9.59 Å². The third kappa shape index (κ3) is 5.75. The lowest BCUT2D eigenvalue weighted by molar-refractivity contribution is -0.140. The molecule has 0 radical (unpaired) electrons. The number of carbonyl (C=O) groups excluding carboxylic acids is 1. The number of nitrogens with one attached hydrogen (secondary N) is 2. The van der Waals surface area contributed by atoms with Crippen LogP contribution in [0.1, 0.15) is 66.7 Å². The van der Waals surface area contributed by atoms with Gasteiger partial charge in [-0.15, -0.1) is 0 Å². The van der Waals surface area contributed by atoms with Gasteiger partial charge in [0.2, 0.25) is 0 Å². The van der Waals surface area contributed by atoms with Crippen molar-refractivity contribution in [2.45, 2.75) is 45.3 Å². The summed E-state index contributed by atoms with van der Waals surface area (Å²) in [6.45, 7) is 7.11. The van der Waals surface area contributed by atoms with Gasteiger partial charge < -0.3 is 15.0 Å². The monoisotopic (exact) mass is 505 g/mol. The van der Waals surface area contributed by atoms with Crippen LogP contribution in [0.25, 0.3) is 0 Å². The average molecular weight is 506 g/mol. The van der Waals surface area contributed by atoms with E-state index in [1.807, 2.05) is 26.0 Å². The summed E-state index contributed by atoms with van der Waals surface area (Å²) in [6, 6.07) is 9.91. The van der Waals surface area contributed by atoms with E-state index in [2.05, 4.69) is 15.3 Å². The molecule has 10 heteroatoms. The predicted molar refractivity (Wildman–Crippen MR) is 126 cm³/mol. The maximum atomic E-state index is 14.2. The lowest BCUT2D eigenvalue weighted by Crippen LogP contribution is -2.35. The van der Waals surface area contributed by atoms with Gasteiger partial charge in [-0.05, 0) is 55.2 Å². The van der Waals surface area contributed by atoms with Crippen LogP contribution in [0.2, 0.25) is 0 Å². The number of alkyl halides is 3. The number of H-pyrrole nitrogens is 1. The van der Waals surface area contributed by atoms with E-state index in [4.69, 9.17) is 4.74 Å². The molecule has 0 aliphatic carbocycles. The van der Waals surface area contributed by atoms with Gasteiger partial charge in [0, 0.05) is 11.5 Å². The van der Waals surface area contributed by atoms with Crippen molar-refractivity contribution in [2.75, 3.05) is 7.11 Å². The van der Waals surface area contributed by atoms with Gasteiger partial charge in [0.05, 0.1) is 18.7 Å². The molecule has 1 aromatic heterocycles. The topological polar surface area (TPSA) is 84.1 Å². The fourth-order valence-corrected chi connectivity index (χ4v) is 3.82. The van der Waals surface area contributed by atoms with Crippen LogP contribution in [0.15, 0.2) is 53.3 Å². The van der Waals surface area contributed by atoms with Crippen molar-refractivity contribution in [1.82, 2.24) is 15.3 Å². The first-order valence-electron chi connectivity index (χ1n) is 11.2. The zero-order valence-corrected chi connectivity index (χ0v) is 20.5. The van der Waals surface area contributed by atoms with E-state index in [0.717, 1.165) is 23.8 Å². The third-order valence-electron chi connectivity index (χ3n) is 5.99. The van der Waals surface area contributed by atoms with E-state index < -0.39 is 40.5 Å². The van der Waals surface area contributed by atoms with Crippen molar-refractivity contribution in [1.29, 1.82) is 0 Å². The molecule has 3 aromatic rings. The van der Waals surface area contributed by atoms with Gasteiger partial charge in [-0.25, -0.2) is 9.37 Å². The summed E-state index contributed by atoms with van der Waals surface area (Å²) in [5.41, 5.74) is -1.92. The van der Waals surface area contributed by atoms with Gasteiger partial charge in [0.1, 0.15) is 23.1 Å². The number of carbonyl (C=O) groups is 1. The third-order valence-corrected chi connectivity index (χ3v) is 5.99. The number of hydrogen-bond acceptors (Lipinski definition) is 4. The SMILES string of the molecule is COc1ccc(C(C)(C)c2nc(C(=O)NC(c3ccc(C(F)(F)F)c(F)c3)C(C)C)cc(=O)[nH]2)cc1. The number of halogens is 4. The molecular weight excluding hydrogens is 478 g/mol. The maximum Gasteiger partial charge on any atom is 0.419 e. The van der Waals surface area contributed by atoms with Crippen LogP contribution in [0.4, 0.5) is 17.6 Å². The van der Waals surface area contributed by atoms with Crippen LogP contribution < -0.4 is 15.6 Å². The fourth-order valence-electron chi connectivity index (χ4n) is 3.82. The minimum Gasteiger partial charge on any atom is -0.497 e. The highest BCUT2D eigenvalue weighted by Gasteiger charge is 2.35. The van der Waals surface area contributed by atoms with Crippen LogP contribution in [0.5, 0.6) is 5.75 Å².